The molecule has 4 aromatic rings. The van der Waals surface area contributed by atoms with Gasteiger partial charge in [0, 0.05) is 42.1 Å². The number of aryl methyl sites for hydroxylation is 2. The number of carbonyl (C=O) groups is 1. The largest absolute Gasteiger partial charge is 0.508 e. The fourth-order valence-electron chi connectivity index (χ4n) is 5.00. The minimum Gasteiger partial charge on any atom is -0.508 e. The van der Waals surface area contributed by atoms with E-state index in [9.17, 15) is 9.90 Å². The highest BCUT2D eigenvalue weighted by atomic mass is 16.3. The Bertz CT molecular complexity index is 1380. The van der Waals surface area contributed by atoms with Crippen molar-refractivity contribution in [3.05, 3.63) is 72.1 Å². The number of benzene rings is 2. The number of fused-ring (bicyclic) bond motifs is 1. The molecule has 1 unspecified atom stereocenters. The molecule has 2 aromatic carbocycles. The molecule has 2 atom stereocenters. The average Bonchev–Trinajstić information content (AvgIpc) is 3.31. The van der Waals surface area contributed by atoms with Crippen molar-refractivity contribution in [1.29, 1.82) is 0 Å². The van der Waals surface area contributed by atoms with Crippen molar-refractivity contribution in [3.63, 3.8) is 0 Å². The summed E-state index contributed by atoms with van der Waals surface area (Å²) in [4.78, 5) is 21.1. The monoisotopic (exact) mass is 499 g/mol. The first-order chi connectivity index (χ1) is 18.0. The predicted molar refractivity (Wildman–Crippen MR) is 146 cm³/mol. The summed E-state index contributed by atoms with van der Waals surface area (Å²) in [5.41, 5.74) is 15.2. The first-order valence-electron chi connectivity index (χ1n) is 12.8. The number of hydrogen-bond donors (Lipinski definition) is 5. The number of nitrogens with zero attached hydrogens (tertiary/aromatic N) is 3. The zero-order valence-electron chi connectivity index (χ0n) is 20.7. The average molecular weight is 500 g/mol. The first kappa shape index (κ1) is 24.6. The molecule has 1 fully saturated rings. The second-order valence-electron chi connectivity index (χ2n) is 9.66. The molecule has 1 saturated carbocycles. The lowest BCUT2D eigenvalue weighted by Crippen LogP contribution is -2.43. The van der Waals surface area contributed by atoms with Gasteiger partial charge in [0.1, 0.15) is 17.1 Å². The Hall–Kier alpha value is -4.11. The molecule has 192 valence electrons. The fraction of sp³-hybridized carbons (Fsp3) is 0.321. The highest BCUT2D eigenvalue weighted by Gasteiger charge is 2.23. The van der Waals surface area contributed by atoms with Crippen molar-refractivity contribution in [2.24, 2.45) is 11.5 Å². The van der Waals surface area contributed by atoms with Crippen molar-refractivity contribution in [3.8, 4) is 5.75 Å². The van der Waals surface area contributed by atoms with Crippen LogP contribution in [-0.4, -0.2) is 37.6 Å². The molecule has 0 spiro atoms. The van der Waals surface area contributed by atoms with Crippen molar-refractivity contribution >= 4 is 34.3 Å². The number of nitrogens with two attached hydrogens (primary N) is 2. The van der Waals surface area contributed by atoms with E-state index in [4.69, 9.17) is 11.5 Å². The van der Waals surface area contributed by atoms with E-state index in [-0.39, 0.29) is 23.4 Å². The van der Waals surface area contributed by atoms with Crippen LogP contribution in [0.4, 0.5) is 17.5 Å². The zero-order valence-corrected chi connectivity index (χ0v) is 20.7. The van der Waals surface area contributed by atoms with Gasteiger partial charge in [-0.25, -0.2) is 4.98 Å². The molecular weight excluding hydrogens is 466 g/mol. The Kier molecular flexibility index (Phi) is 7.23. The summed E-state index contributed by atoms with van der Waals surface area (Å²) in [6.45, 7) is 0.851. The summed E-state index contributed by atoms with van der Waals surface area (Å²) in [6.07, 6.45) is 9.59. The Morgan fingerprint density at radius 3 is 2.70 bits per heavy atom. The fourth-order valence-corrected chi connectivity index (χ4v) is 5.00. The van der Waals surface area contributed by atoms with Crippen LogP contribution in [0.1, 0.15) is 48.0 Å². The van der Waals surface area contributed by atoms with E-state index >= 15 is 0 Å². The van der Waals surface area contributed by atoms with Crippen molar-refractivity contribution in [1.82, 2.24) is 14.5 Å². The summed E-state index contributed by atoms with van der Waals surface area (Å²) in [5.74, 6) is 0.474. The van der Waals surface area contributed by atoms with Gasteiger partial charge in [0.25, 0.3) is 5.91 Å². The van der Waals surface area contributed by atoms with E-state index in [1.54, 1.807) is 12.1 Å². The van der Waals surface area contributed by atoms with E-state index in [0.717, 1.165) is 61.7 Å². The van der Waals surface area contributed by atoms with Gasteiger partial charge in [-0.2, -0.15) is 4.98 Å². The number of nitrogens with one attached hydrogen (secondary N) is 2. The minimum atomic E-state index is -0.595. The lowest BCUT2D eigenvalue weighted by atomic mass is 9.91. The second-order valence-corrected chi connectivity index (χ2v) is 9.66. The van der Waals surface area contributed by atoms with E-state index in [1.165, 1.54) is 11.8 Å². The topological polar surface area (TPSA) is 144 Å². The van der Waals surface area contributed by atoms with Crippen LogP contribution in [0.3, 0.4) is 0 Å². The van der Waals surface area contributed by atoms with Crippen LogP contribution in [-0.2, 0) is 13.0 Å². The number of anilines is 3. The Morgan fingerprint density at radius 2 is 1.92 bits per heavy atom. The number of carbonyl (C=O) groups excluding carboxylic acids is 1. The van der Waals surface area contributed by atoms with Crippen LogP contribution in [0.5, 0.6) is 5.75 Å². The van der Waals surface area contributed by atoms with Crippen LogP contribution in [0.25, 0.3) is 10.9 Å². The van der Waals surface area contributed by atoms with Gasteiger partial charge in [-0.05, 0) is 61.6 Å². The second kappa shape index (κ2) is 10.9. The van der Waals surface area contributed by atoms with Gasteiger partial charge in [-0.3, -0.25) is 4.79 Å². The maximum absolute atomic E-state index is 12.1. The number of phenolic OH excluding ortho intramolecular Hbond substituents is 1. The standard InChI is InChI=1S/C28H33N7O2/c29-22-6-1-2-7-24(22)33-28-31-17-21(26(30)37)27(34-28)32-23-8-3-9-25-20(23)14-16-35(25)15-4-5-18-10-12-19(36)13-11-18/h3,8-14,16-17,22,24,36H,1-2,4-7,15,29H2,(H2,30,37)(H2,31,32,33,34)/t22-,24?/m0/s1. The summed E-state index contributed by atoms with van der Waals surface area (Å²) >= 11 is 0. The molecule has 37 heavy (non-hydrogen) atoms. The van der Waals surface area contributed by atoms with E-state index < -0.39 is 5.91 Å². The SMILES string of the molecule is NC(=O)c1cnc(NC2CCCC[C@@H]2N)nc1Nc1cccc2c1ccn2CCCc1ccc(O)cc1. The minimum absolute atomic E-state index is 0.0483. The molecule has 0 aliphatic heterocycles. The summed E-state index contributed by atoms with van der Waals surface area (Å²) < 4.78 is 2.22. The van der Waals surface area contributed by atoms with Gasteiger partial charge in [0.05, 0.1) is 5.52 Å². The number of phenols is 1. The maximum atomic E-state index is 12.1. The number of aromatic nitrogens is 3. The summed E-state index contributed by atoms with van der Waals surface area (Å²) in [6, 6.07) is 15.6. The molecule has 2 aromatic heterocycles. The lowest BCUT2D eigenvalue weighted by molar-refractivity contribution is 0.100. The van der Waals surface area contributed by atoms with Gasteiger partial charge in [0.2, 0.25) is 5.95 Å². The number of aromatic hydroxyl groups is 1. The smallest absolute Gasteiger partial charge is 0.254 e. The first-order valence-corrected chi connectivity index (χ1v) is 12.8. The highest BCUT2D eigenvalue weighted by molar-refractivity contribution is 6.00. The number of primary amides is 1. The third kappa shape index (κ3) is 5.67. The van der Waals surface area contributed by atoms with Gasteiger partial charge in [-0.15, -0.1) is 0 Å². The molecule has 5 rings (SSSR count). The quantitative estimate of drug-likeness (QED) is 0.231. The highest BCUT2D eigenvalue weighted by Crippen LogP contribution is 2.29. The van der Waals surface area contributed by atoms with Crippen LogP contribution < -0.4 is 22.1 Å². The Labute approximate surface area is 215 Å². The number of rotatable bonds is 9. The van der Waals surface area contributed by atoms with Gasteiger partial charge in [-0.1, -0.05) is 31.0 Å². The number of hydrogen-bond acceptors (Lipinski definition) is 7. The van der Waals surface area contributed by atoms with Crippen LogP contribution in [0, 0.1) is 0 Å². The van der Waals surface area contributed by atoms with E-state index in [1.807, 2.05) is 24.3 Å². The Balaban J connectivity index is 1.34. The molecule has 0 bridgehead atoms. The van der Waals surface area contributed by atoms with E-state index in [0.29, 0.717) is 11.8 Å². The molecule has 1 aliphatic carbocycles. The van der Waals surface area contributed by atoms with Gasteiger partial charge >= 0.3 is 0 Å². The van der Waals surface area contributed by atoms with Crippen molar-refractivity contribution in [2.45, 2.75) is 57.2 Å². The zero-order chi connectivity index (χ0) is 25.8. The molecular formula is C28H33N7O2. The summed E-state index contributed by atoms with van der Waals surface area (Å²) in [5, 5.41) is 17.2. The molecule has 1 amide bonds. The van der Waals surface area contributed by atoms with Crippen LogP contribution >= 0.6 is 0 Å². The third-order valence-corrected chi connectivity index (χ3v) is 7.06. The third-order valence-electron chi connectivity index (χ3n) is 7.06. The molecule has 9 nitrogen and oxygen atoms in total. The van der Waals surface area contributed by atoms with Crippen LogP contribution in [0.2, 0.25) is 0 Å². The van der Waals surface area contributed by atoms with Gasteiger partial charge < -0.3 is 31.8 Å². The summed E-state index contributed by atoms with van der Waals surface area (Å²) in [7, 11) is 0. The molecule has 0 radical (unpaired) electrons. The Morgan fingerprint density at radius 1 is 1.11 bits per heavy atom. The van der Waals surface area contributed by atoms with Crippen LogP contribution in [0.15, 0.2) is 60.9 Å². The van der Waals surface area contributed by atoms with Crippen molar-refractivity contribution < 1.29 is 9.90 Å². The van der Waals surface area contributed by atoms with E-state index in [2.05, 4.69) is 43.5 Å². The maximum Gasteiger partial charge on any atom is 0.254 e. The lowest BCUT2D eigenvalue weighted by Gasteiger charge is -2.29. The molecule has 7 N–H and O–H groups in total. The molecule has 2 heterocycles. The molecule has 1 aliphatic rings. The molecule has 9 heteroatoms. The number of amides is 1. The van der Waals surface area contributed by atoms with Crippen molar-refractivity contribution in [2.75, 3.05) is 10.6 Å². The van der Waals surface area contributed by atoms with Gasteiger partial charge in [0.15, 0.2) is 0 Å². The molecule has 0 saturated heterocycles. The normalized spacial score (nSPS) is 17.5. The predicted octanol–water partition coefficient (Wildman–Crippen LogP) is 4.29.